The lowest BCUT2D eigenvalue weighted by atomic mass is 9.81. The summed E-state index contributed by atoms with van der Waals surface area (Å²) in [5.41, 5.74) is -0.311. The number of aromatic amines is 1. The van der Waals surface area contributed by atoms with Gasteiger partial charge >= 0.3 is 11.7 Å². The fourth-order valence-corrected chi connectivity index (χ4v) is 4.72. The van der Waals surface area contributed by atoms with E-state index in [0.717, 1.165) is 10.5 Å². The normalized spacial score (nSPS) is 21.3. The number of H-pyrrole nitrogens is 1. The maximum atomic E-state index is 13.2. The number of nitrogens with zero attached hydrogens (tertiary/aromatic N) is 4. The first-order valence-electron chi connectivity index (χ1n) is 10.7. The molecule has 33 heavy (non-hydrogen) atoms. The molecule has 4 heterocycles. The summed E-state index contributed by atoms with van der Waals surface area (Å²) in [6.07, 6.45) is 1.13. The molecule has 12 nitrogen and oxygen atoms in total. The first-order valence-corrected chi connectivity index (χ1v) is 10.7. The molecule has 5 amide bonds. The van der Waals surface area contributed by atoms with Crippen molar-refractivity contribution in [3.63, 3.8) is 0 Å². The Hall–Kier alpha value is -3.96. The molecule has 0 spiro atoms. The number of hydrogen-bond donors (Lipinski definition) is 3. The Balaban J connectivity index is 1.29. The fourth-order valence-electron chi connectivity index (χ4n) is 4.72. The molecule has 172 valence electrons. The minimum atomic E-state index is -0.820. The van der Waals surface area contributed by atoms with Gasteiger partial charge in [-0.2, -0.15) is 5.10 Å². The van der Waals surface area contributed by atoms with Crippen LogP contribution in [0.15, 0.2) is 35.1 Å². The van der Waals surface area contributed by atoms with E-state index in [4.69, 9.17) is 0 Å². The molecule has 2 saturated heterocycles. The van der Waals surface area contributed by atoms with Gasteiger partial charge in [-0.3, -0.25) is 23.9 Å². The maximum Gasteiger partial charge on any atom is 0.343 e. The van der Waals surface area contributed by atoms with Crippen LogP contribution in [0.25, 0.3) is 0 Å². The van der Waals surface area contributed by atoms with Crippen LogP contribution in [0.4, 0.5) is 4.79 Å². The molecule has 0 radical (unpaired) electrons. The Labute approximate surface area is 187 Å². The number of urea groups is 1. The maximum absolute atomic E-state index is 13.2. The fraction of sp³-hybridized carbons (Fsp3) is 0.429. The van der Waals surface area contributed by atoms with E-state index in [1.165, 1.54) is 4.57 Å². The molecule has 1 aromatic carbocycles. The summed E-state index contributed by atoms with van der Waals surface area (Å²) in [6.45, 7) is 0.275. The van der Waals surface area contributed by atoms with E-state index in [1.807, 2.05) is 30.3 Å². The van der Waals surface area contributed by atoms with Crippen LogP contribution < -0.4 is 16.3 Å². The van der Waals surface area contributed by atoms with Crippen LogP contribution in [-0.2, 0) is 32.9 Å². The van der Waals surface area contributed by atoms with E-state index in [9.17, 15) is 24.0 Å². The Morgan fingerprint density at radius 3 is 2.61 bits per heavy atom. The predicted octanol–water partition coefficient (Wildman–Crippen LogP) is -1.46. The minimum Gasteiger partial charge on any atom is -0.341 e. The van der Waals surface area contributed by atoms with Gasteiger partial charge in [-0.05, 0) is 12.0 Å². The molecule has 5 rings (SSSR count). The van der Waals surface area contributed by atoms with Crippen LogP contribution in [0, 0.1) is 5.92 Å². The summed E-state index contributed by atoms with van der Waals surface area (Å²) in [6, 6.07) is 8.69. The number of imide groups is 1. The van der Waals surface area contributed by atoms with Crippen molar-refractivity contribution in [1.82, 2.24) is 35.2 Å². The van der Waals surface area contributed by atoms with Gasteiger partial charge in [0.05, 0.1) is 12.5 Å². The molecular weight excluding hydrogens is 430 g/mol. The minimum absolute atomic E-state index is 0.0800. The van der Waals surface area contributed by atoms with Crippen molar-refractivity contribution in [3.05, 3.63) is 52.2 Å². The van der Waals surface area contributed by atoms with Gasteiger partial charge in [-0.25, -0.2) is 14.7 Å². The molecule has 0 bridgehead atoms. The summed E-state index contributed by atoms with van der Waals surface area (Å²) in [7, 11) is 0. The van der Waals surface area contributed by atoms with Crippen LogP contribution in [-0.4, -0.2) is 74.5 Å². The van der Waals surface area contributed by atoms with Crippen molar-refractivity contribution >= 4 is 23.8 Å². The highest BCUT2D eigenvalue weighted by Gasteiger charge is 2.49. The Bertz CT molecular complexity index is 1170. The number of rotatable bonds is 5. The van der Waals surface area contributed by atoms with Crippen molar-refractivity contribution < 1.29 is 19.2 Å². The van der Waals surface area contributed by atoms with Crippen LogP contribution >= 0.6 is 0 Å². The van der Waals surface area contributed by atoms with E-state index in [-0.39, 0.29) is 50.2 Å². The van der Waals surface area contributed by atoms with Gasteiger partial charge in [0, 0.05) is 26.1 Å². The number of aryl methyl sites for hydroxylation is 1. The van der Waals surface area contributed by atoms with E-state index >= 15 is 0 Å². The molecule has 1 aromatic heterocycles. The molecule has 12 heteroatoms. The number of nitrogens with one attached hydrogen (secondary N) is 3. The Kier molecular flexibility index (Phi) is 4.99. The third kappa shape index (κ3) is 3.66. The zero-order valence-corrected chi connectivity index (χ0v) is 17.7. The molecule has 3 aliphatic heterocycles. The van der Waals surface area contributed by atoms with Gasteiger partial charge in [0.15, 0.2) is 0 Å². The lowest BCUT2D eigenvalue weighted by Gasteiger charge is -2.51. The quantitative estimate of drug-likeness (QED) is 0.471. The summed E-state index contributed by atoms with van der Waals surface area (Å²) >= 11 is 0. The first kappa shape index (κ1) is 20.9. The van der Waals surface area contributed by atoms with E-state index < -0.39 is 23.4 Å². The lowest BCUT2D eigenvalue weighted by Crippen LogP contribution is -2.70. The highest BCUT2D eigenvalue weighted by molar-refractivity contribution is 6.04. The van der Waals surface area contributed by atoms with Crippen molar-refractivity contribution in [2.24, 2.45) is 5.92 Å². The van der Waals surface area contributed by atoms with Crippen molar-refractivity contribution in [1.29, 1.82) is 0 Å². The number of carbonyl (C=O) groups is 4. The second kappa shape index (κ2) is 7.87. The SMILES string of the molecule is O=C(CN1C(=O)CNC1=O)NC1(c2ccccc2)CN(C(=O)C2CCc3n[nH]c(=O)n3C2)C1. The Morgan fingerprint density at radius 2 is 1.91 bits per heavy atom. The van der Waals surface area contributed by atoms with Gasteiger partial charge in [-0.15, -0.1) is 0 Å². The molecule has 0 saturated carbocycles. The van der Waals surface area contributed by atoms with Crippen LogP contribution in [0.5, 0.6) is 0 Å². The molecule has 2 aromatic rings. The second-order valence-corrected chi connectivity index (χ2v) is 8.62. The van der Waals surface area contributed by atoms with Gasteiger partial charge < -0.3 is 15.5 Å². The number of fused-ring (bicyclic) bond motifs is 1. The third-order valence-electron chi connectivity index (χ3n) is 6.48. The summed E-state index contributed by atoms with van der Waals surface area (Å²) in [5.74, 6) is -0.713. The van der Waals surface area contributed by atoms with Gasteiger partial charge in [-0.1, -0.05) is 30.3 Å². The smallest absolute Gasteiger partial charge is 0.341 e. The molecule has 3 aliphatic rings. The predicted molar refractivity (Wildman–Crippen MR) is 113 cm³/mol. The van der Waals surface area contributed by atoms with E-state index in [0.29, 0.717) is 18.7 Å². The molecule has 3 N–H and O–H groups in total. The molecule has 2 fully saturated rings. The lowest BCUT2D eigenvalue weighted by molar-refractivity contribution is -0.148. The number of carbonyl (C=O) groups excluding carboxylic acids is 4. The monoisotopic (exact) mass is 453 g/mol. The topological polar surface area (TPSA) is 150 Å². The Morgan fingerprint density at radius 1 is 1.15 bits per heavy atom. The van der Waals surface area contributed by atoms with Crippen molar-refractivity contribution in [2.75, 3.05) is 26.2 Å². The number of amides is 5. The van der Waals surface area contributed by atoms with Crippen LogP contribution in [0.1, 0.15) is 17.8 Å². The summed E-state index contributed by atoms with van der Waals surface area (Å²) < 4.78 is 1.50. The molecule has 0 aliphatic carbocycles. The number of hydrogen-bond acceptors (Lipinski definition) is 6. The van der Waals surface area contributed by atoms with Crippen LogP contribution in [0.3, 0.4) is 0 Å². The molecule has 1 unspecified atom stereocenters. The molecule has 1 atom stereocenters. The van der Waals surface area contributed by atoms with Crippen molar-refractivity contribution in [2.45, 2.75) is 24.9 Å². The first-order chi connectivity index (χ1) is 15.9. The highest BCUT2D eigenvalue weighted by Crippen LogP contribution is 2.34. The second-order valence-electron chi connectivity index (χ2n) is 8.62. The van der Waals surface area contributed by atoms with Crippen molar-refractivity contribution in [3.8, 4) is 0 Å². The summed E-state index contributed by atoms with van der Waals surface area (Å²) in [5, 5.41) is 11.7. The number of aromatic nitrogens is 3. The molecular formula is C21H23N7O5. The largest absolute Gasteiger partial charge is 0.343 e. The average Bonchev–Trinajstić information content (AvgIpc) is 3.32. The van der Waals surface area contributed by atoms with E-state index in [2.05, 4.69) is 20.8 Å². The standard InChI is InChI=1S/C21H23N7O5/c29-16(10-28-17(30)8-22-19(28)32)23-21(14-4-2-1-3-5-14)11-26(12-21)18(31)13-6-7-15-24-25-20(33)27(15)9-13/h1-5,13H,6-12H2,(H,22,32)(H,23,29)(H,25,33). The summed E-state index contributed by atoms with van der Waals surface area (Å²) in [4.78, 5) is 64.0. The van der Waals surface area contributed by atoms with Gasteiger partial charge in [0.2, 0.25) is 11.8 Å². The highest BCUT2D eigenvalue weighted by atomic mass is 16.2. The van der Waals surface area contributed by atoms with Gasteiger partial charge in [0.25, 0.3) is 5.91 Å². The average molecular weight is 453 g/mol. The van der Waals surface area contributed by atoms with Crippen LogP contribution in [0.2, 0.25) is 0 Å². The third-order valence-corrected chi connectivity index (χ3v) is 6.48. The zero-order valence-electron chi connectivity index (χ0n) is 17.7. The van der Waals surface area contributed by atoms with E-state index in [1.54, 1.807) is 4.90 Å². The number of likely N-dealkylation sites (tertiary alicyclic amines) is 1. The zero-order chi connectivity index (χ0) is 23.2. The van der Waals surface area contributed by atoms with Gasteiger partial charge in [0.1, 0.15) is 17.9 Å². The number of benzene rings is 1.